The molecule has 26 heavy (non-hydrogen) atoms. The van der Waals surface area contributed by atoms with E-state index in [-0.39, 0.29) is 23.5 Å². The minimum atomic E-state index is -0.590. The molecule has 8 heteroatoms. The van der Waals surface area contributed by atoms with E-state index in [9.17, 15) is 14.0 Å². The Morgan fingerprint density at radius 3 is 2.73 bits per heavy atom. The lowest BCUT2D eigenvalue weighted by Crippen LogP contribution is -2.20. The van der Waals surface area contributed by atoms with Gasteiger partial charge in [0.2, 0.25) is 5.91 Å². The lowest BCUT2D eigenvalue weighted by atomic mass is 10.2. The number of benzene rings is 2. The Hall–Kier alpha value is -3.68. The van der Waals surface area contributed by atoms with E-state index in [4.69, 9.17) is 10.5 Å². The highest BCUT2D eigenvalue weighted by Gasteiger charge is 2.09. The average molecular weight is 354 g/mol. The van der Waals surface area contributed by atoms with Crippen LogP contribution in [0.4, 0.5) is 10.1 Å². The molecule has 0 saturated heterocycles. The van der Waals surface area contributed by atoms with Crippen molar-refractivity contribution < 1.29 is 18.7 Å². The second-order valence-corrected chi connectivity index (χ2v) is 5.35. The van der Waals surface area contributed by atoms with E-state index < -0.39 is 17.6 Å². The van der Waals surface area contributed by atoms with E-state index in [1.54, 1.807) is 42.7 Å². The van der Waals surface area contributed by atoms with E-state index in [1.807, 2.05) is 0 Å². The first kappa shape index (κ1) is 17.2. The third-order valence-corrected chi connectivity index (χ3v) is 3.47. The minimum Gasteiger partial charge on any atom is -0.484 e. The molecule has 0 fully saturated rings. The molecular weight excluding hydrogens is 339 g/mol. The standard InChI is InChI=1S/C18H15FN4O3/c19-15-10-13(5-6-16(15)23-8-2-7-21-23)22-17(24)11-26-14-4-1-3-12(9-14)18(20)25/h1-10H,11H2,(H2,20,25)(H,22,24). The van der Waals surface area contributed by atoms with E-state index in [2.05, 4.69) is 10.4 Å². The lowest BCUT2D eigenvalue weighted by Gasteiger charge is -2.09. The van der Waals surface area contributed by atoms with Gasteiger partial charge in [0.1, 0.15) is 11.4 Å². The number of amides is 2. The van der Waals surface area contributed by atoms with Crippen LogP contribution in [0.2, 0.25) is 0 Å². The number of halogens is 1. The zero-order chi connectivity index (χ0) is 18.5. The number of rotatable bonds is 6. The van der Waals surface area contributed by atoms with Crippen LogP contribution in [-0.2, 0) is 4.79 Å². The summed E-state index contributed by atoms with van der Waals surface area (Å²) in [6.45, 7) is -0.301. The summed E-state index contributed by atoms with van der Waals surface area (Å²) < 4.78 is 20.8. The number of hydrogen-bond acceptors (Lipinski definition) is 4. The first-order valence-corrected chi connectivity index (χ1v) is 7.65. The third-order valence-electron chi connectivity index (χ3n) is 3.47. The van der Waals surface area contributed by atoms with Crippen LogP contribution in [0.1, 0.15) is 10.4 Å². The number of nitrogens with two attached hydrogens (primary N) is 1. The van der Waals surface area contributed by atoms with Gasteiger partial charge in [0.15, 0.2) is 12.4 Å². The van der Waals surface area contributed by atoms with Crippen molar-refractivity contribution in [3.8, 4) is 11.4 Å². The first-order chi connectivity index (χ1) is 12.5. The third kappa shape index (κ3) is 4.04. The van der Waals surface area contributed by atoms with Gasteiger partial charge in [-0.15, -0.1) is 0 Å². The zero-order valence-corrected chi connectivity index (χ0v) is 13.6. The highest BCUT2D eigenvalue weighted by molar-refractivity contribution is 5.93. The Kier molecular flexibility index (Phi) is 4.93. The number of nitrogens with zero attached hydrogens (tertiary/aromatic N) is 2. The van der Waals surface area contributed by atoms with E-state index in [1.165, 1.54) is 22.9 Å². The second-order valence-electron chi connectivity index (χ2n) is 5.35. The molecule has 0 saturated carbocycles. The Balaban J connectivity index is 1.61. The van der Waals surface area contributed by atoms with Gasteiger partial charge in [-0.3, -0.25) is 9.59 Å². The molecule has 3 rings (SSSR count). The van der Waals surface area contributed by atoms with Gasteiger partial charge in [0.05, 0.1) is 0 Å². The van der Waals surface area contributed by atoms with Gasteiger partial charge in [-0.05, 0) is 42.5 Å². The second kappa shape index (κ2) is 7.47. The van der Waals surface area contributed by atoms with Crippen molar-refractivity contribution in [2.24, 2.45) is 5.73 Å². The molecule has 2 aromatic carbocycles. The largest absolute Gasteiger partial charge is 0.484 e. The molecule has 0 atom stereocenters. The molecule has 0 unspecified atom stereocenters. The number of primary amides is 1. The molecule has 2 amide bonds. The van der Waals surface area contributed by atoms with Crippen molar-refractivity contribution >= 4 is 17.5 Å². The van der Waals surface area contributed by atoms with Crippen LogP contribution in [0.25, 0.3) is 5.69 Å². The van der Waals surface area contributed by atoms with Crippen LogP contribution >= 0.6 is 0 Å². The zero-order valence-electron chi connectivity index (χ0n) is 13.6. The maximum Gasteiger partial charge on any atom is 0.262 e. The summed E-state index contributed by atoms with van der Waals surface area (Å²) in [4.78, 5) is 23.1. The summed E-state index contributed by atoms with van der Waals surface area (Å²) in [5, 5.41) is 6.49. The topological polar surface area (TPSA) is 99.2 Å². The van der Waals surface area contributed by atoms with Crippen LogP contribution in [0.15, 0.2) is 60.9 Å². The van der Waals surface area contributed by atoms with E-state index >= 15 is 0 Å². The Labute approximate surface area is 148 Å². The first-order valence-electron chi connectivity index (χ1n) is 7.65. The van der Waals surface area contributed by atoms with Crippen molar-refractivity contribution in [2.75, 3.05) is 11.9 Å². The molecule has 0 aliphatic carbocycles. The molecule has 1 aromatic heterocycles. The van der Waals surface area contributed by atoms with Gasteiger partial charge in [0.25, 0.3) is 5.91 Å². The van der Waals surface area contributed by atoms with Crippen molar-refractivity contribution in [3.05, 3.63) is 72.3 Å². The fraction of sp³-hybridized carbons (Fsp3) is 0.0556. The van der Waals surface area contributed by atoms with Gasteiger partial charge in [0, 0.05) is 23.6 Å². The number of hydrogen-bond donors (Lipinski definition) is 2. The highest BCUT2D eigenvalue weighted by Crippen LogP contribution is 2.18. The fourth-order valence-corrected chi connectivity index (χ4v) is 2.27. The molecule has 0 aliphatic rings. The molecule has 0 radical (unpaired) electrons. The highest BCUT2D eigenvalue weighted by atomic mass is 19.1. The average Bonchev–Trinajstić information content (AvgIpc) is 3.14. The number of carbonyl (C=O) groups is 2. The maximum atomic E-state index is 14.1. The minimum absolute atomic E-state index is 0.271. The van der Waals surface area contributed by atoms with Crippen LogP contribution in [0.3, 0.4) is 0 Å². The number of anilines is 1. The van der Waals surface area contributed by atoms with Crippen molar-refractivity contribution in [1.82, 2.24) is 9.78 Å². The molecule has 3 aromatic rings. The maximum absolute atomic E-state index is 14.1. The molecule has 1 heterocycles. The van der Waals surface area contributed by atoms with Gasteiger partial charge < -0.3 is 15.8 Å². The molecule has 0 spiro atoms. The number of carbonyl (C=O) groups excluding carboxylic acids is 2. The van der Waals surface area contributed by atoms with Crippen LogP contribution in [0, 0.1) is 5.82 Å². The van der Waals surface area contributed by atoms with Crippen LogP contribution in [0.5, 0.6) is 5.75 Å². The predicted octanol–water partition coefficient (Wildman–Crippen LogP) is 2.13. The van der Waals surface area contributed by atoms with Gasteiger partial charge in [-0.1, -0.05) is 6.07 Å². The summed E-state index contributed by atoms with van der Waals surface area (Å²) >= 11 is 0. The summed E-state index contributed by atoms with van der Waals surface area (Å²) in [6.07, 6.45) is 3.16. The molecule has 7 nitrogen and oxygen atoms in total. The number of ether oxygens (including phenoxy) is 1. The Morgan fingerprint density at radius 2 is 2.04 bits per heavy atom. The SMILES string of the molecule is NC(=O)c1cccc(OCC(=O)Nc2ccc(-n3cccn3)c(F)c2)c1. The smallest absolute Gasteiger partial charge is 0.262 e. The summed E-state index contributed by atoms with van der Waals surface area (Å²) in [5.74, 6) is -1.26. The van der Waals surface area contributed by atoms with Crippen molar-refractivity contribution in [2.45, 2.75) is 0 Å². The van der Waals surface area contributed by atoms with Gasteiger partial charge in [-0.25, -0.2) is 9.07 Å². The fourth-order valence-electron chi connectivity index (χ4n) is 2.27. The van der Waals surface area contributed by atoms with E-state index in [0.717, 1.165) is 0 Å². The number of nitrogens with one attached hydrogen (secondary N) is 1. The van der Waals surface area contributed by atoms with Crippen LogP contribution in [-0.4, -0.2) is 28.2 Å². The Bertz CT molecular complexity index is 941. The quantitative estimate of drug-likeness (QED) is 0.708. The summed E-state index contributed by atoms with van der Waals surface area (Å²) in [5.41, 5.74) is 6.02. The lowest BCUT2D eigenvalue weighted by molar-refractivity contribution is -0.118. The monoisotopic (exact) mass is 354 g/mol. The normalized spacial score (nSPS) is 10.3. The van der Waals surface area contributed by atoms with Crippen molar-refractivity contribution in [3.63, 3.8) is 0 Å². The predicted molar refractivity (Wildman–Crippen MR) is 92.6 cm³/mol. The Morgan fingerprint density at radius 1 is 1.19 bits per heavy atom. The van der Waals surface area contributed by atoms with E-state index in [0.29, 0.717) is 5.75 Å². The molecular formula is C18H15FN4O3. The summed E-state index contributed by atoms with van der Waals surface area (Å²) in [6, 6.07) is 12.1. The molecule has 132 valence electrons. The van der Waals surface area contributed by atoms with Gasteiger partial charge >= 0.3 is 0 Å². The number of aromatic nitrogens is 2. The van der Waals surface area contributed by atoms with Gasteiger partial charge in [-0.2, -0.15) is 5.10 Å². The molecule has 0 bridgehead atoms. The summed E-state index contributed by atoms with van der Waals surface area (Å²) in [7, 11) is 0. The molecule has 0 aliphatic heterocycles. The molecule has 3 N–H and O–H groups in total. The van der Waals surface area contributed by atoms with Crippen molar-refractivity contribution in [1.29, 1.82) is 0 Å². The van der Waals surface area contributed by atoms with Crippen LogP contribution < -0.4 is 15.8 Å².